The number of rotatable bonds is 5. The first-order chi connectivity index (χ1) is 9.22. The zero-order valence-corrected chi connectivity index (χ0v) is 13.0. The lowest BCUT2D eigenvalue weighted by Crippen LogP contribution is -2.37. The summed E-state index contributed by atoms with van der Waals surface area (Å²) in [5, 5.41) is 2.02. The summed E-state index contributed by atoms with van der Waals surface area (Å²) in [5.74, 6) is -0.0258. The molecular weight excluding hydrogens is 292 g/mol. The molecule has 0 saturated carbocycles. The first-order valence-corrected chi connectivity index (χ1v) is 7.22. The Hall–Kier alpha value is -1.36. The Morgan fingerprint density at radius 3 is 2.50 bits per heavy atom. The number of hydrogen-bond acceptors (Lipinski definition) is 3. The van der Waals surface area contributed by atoms with E-state index in [1.165, 1.54) is 4.88 Å². The van der Waals surface area contributed by atoms with Crippen molar-refractivity contribution in [2.75, 3.05) is 6.54 Å². The van der Waals surface area contributed by atoms with E-state index in [1.54, 1.807) is 16.2 Å². The van der Waals surface area contributed by atoms with Gasteiger partial charge in [0.05, 0.1) is 6.54 Å². The smallest absolute Gasteiger partial charge is 0.244 e. The van der Waals surface area contributed by atoms with Crippen molar-refractivity contribution in [1.29, 1.82) is 0 Å². The molecule has 0 aliphatic carbocycles. The molecule has 0 spiro atoms. The molecule has 0 saturated heterocycles. The maximum Gasteiger partial charge on any atom is 0.244 e. The number of likely N-dealkylation sites (N-methyl/N-ethyl adjacent to an activating group) is 1. The fourth-order valence-corrected chi connectivity index (χ4v) is 2.66. The van der Waals surface area contributed by atoms with Crippen LogP contribution in [-0.2, 0) is 11.3 Å². The van der Waals surface area contributed by atoms with Gasteiger partial charge in [0.15, 0.2) is 0 Å². The van der Waals surface area contributed by atoms with Gasteiger partial charge in [-0.2, -0.15) is 0 Å². The lowest BCUT2D eigenvalue weighted by molar-refractivity contribution is -0.133. The van der Waals surface area contributed by atoms with E-state index in [2.05, 4.69) is 0 Å². The number of hydrogen-bond donors (Lipinski definition) is 1. The van der Waals surface area contributed by atoms with Crippen LogP contribution in [0.1, 0.15) is 23.4 Å². The van der Waals surface area contributed by atoms with Gasteiger partial charge in [0.1, 0.15) is 6.04 Å². The summed E-state index contributed by atoms with van der Waals surface area (Å²) >= 11 is 1.66. The molecule has 1 heterocycles. The number of benzene rings is 1. The topological polar surface area (TPSA) is 46.3 Å². The van der Waals surface area contributed by atoms with Gasteiger partial charge in [0, 0.05) is 11.4 Å². The molecule has 1 aromatic carbocycles. The monoisotopic (exact) mass is 310 g/mol. The second-order valence-electron chi connectivity index (χ2n) is 4.32. The van der Waals surface area contributed by atoms with Crippen molar-refractivity contribution >= 4 is 29.7 Å². The Morgan fingerprint density at radius 2 is 1.95 bits per heavy atom. The van der Waals surface area contributed by atoms with Crippen LogP contribution in [0, 0.1) is 0 Å². The van der Waals surface area contributed by atoms with E-state index < -0.39 is 6.04 Å². The summed E-state index contributed by atoms with van der Waals surface area (Å²) in [6.45, 7) is 3.27. The van der Waals surface area contributed by atoms with Gasteiger partial charge >= 0.3 is 0 Å². The van der Waals surface area contributed by atoms with E-state index in [9.17, 15) is 4.79 Å². The van der Waals surface area contributed by atoms with E-state index in [-0.39, 0.29) is 18.3 Å². The lowest BCUT2D eigenvalue weighted by atomic mass is 10.1. The SMILES string of the molecule is CCN(Cc1cccs1)C(=O)C(N)c1ccccc1.Cl. The second-order valence-corrected chi connectivity index (χ2v) is 5.35. The van der Waals surface area contributed by atoms with Crippen LogP contribution in [0.25, 0.3) is 0 Å². The second kappa shape index (κ2) is 8.04. The van der Waals surface area contributed by atoms with Crippen molar-refractivity contribution in [3.63, 3.8) is 0 Å². The molecule has 3 nitrogen and oxygen atoms in total. The van der Waals surface area contributed by atoms with Crippen molar-refractivity contribution in [1.82, 2.24) is 4.90 Å². The van der Waals surface area contributed by atoms with E-state index in [1.807, 2.05) is 54.8 Å². The summed E-state index contributed by atoms with van der Waals surface area (Å²) in [5.41, 5.74) is 6.91. The van der Waals surface area contributed by atoms with Gasteiger partial charge in [-0.3, -0.25) is 4.79 Å². The summed E-state index contributed by atoms with van der Waals surface area (Å²) in [6.07, 6.45) is 0. The first-order valence-electron chi connectivity index (χ1n) is 6.34. The molecule has 0 aliphatic heterocycles. The quantitative estimate of drug-likeness (QED) is 0.921. The highest BCUT2D eigenvalue weighted by molar-refractivity contribution is 7.09. The number of halogens is 1. The molecule has 0 aliphatic rings. The molecule has 1 aromatic heterocycles. The van der Waals surface area contributed by atoms with E-state index >= 15 is 0 Å². The van der Waals surface area contributed by atoms with Crippen LogP contribution in [0.2, 0.25) is 0 Å². The number of carbonyl (C=O) groups is 1. The molecule has 0 radical (unpaired) electrons. The maximum atomic E-state index is 12.4. The van der Waals surface area contributed by atoms with E-state index in [4.69, 9.17) is 5.73 Å². The summed E-state index contributed by atoms with van der Waals surface area (Å²) in [4.78, 5) is 15.4. The summed E-state index contributed by atoms with van der Waals surface area (Å²) in [7, 11) is 0. The average molecular weight is 311 g/mol. The highest BCUT2D eigenvalue weighted by atomic mass is 35.5. The molecule has 108 valence electrons. The third-order valence-electron chi connectivity index (χ3n) is 3.04. The maximum absolute atomic E-state index is 12.4. The molecule has 2 aromatic rings. The Bertz CT molecular complexity index is 516. The van der Waals surface area contributed by atoms with Gasteiger partial charge in [-0.05, 0) is 23.9 Å². The number of carbonyl (C=O) groups excluding carboxylic acids is 1. The van der Waals surface area contributed by atoms with Crippen LogP contribution < -0.4 is 5.73 Å². The third kappa shape index (κ3) is 4.07. The van der Waals surface area contributed by atoms with Crippen LogP contribution in [0.5, 0.6) is 0 Å². The van der Waals surface area contributed by atoms with Crippen molar-refractivity contribution in [2.45, 2.75) is 19.5 Å². The van der Waals surface area contributed by atoms with E-state index in [0.29, 0.717) is 13.1 Å². The summed E-state index contributed by atoms with van der Waals surface area (Å²) < 4.78 is 0. The molecular formula is C15H19ClN2OS. The number of thiophene rings is 1. The first kappa shape index (κ1) is 16.7. The van der Waals surface area contributed by atoms with Gasteiger partial charge in [-0.25, -0.2) is 0 Å². The minimum atomic E-state index is -0.582. The van der Waals surface area contributed by atoms with Gasteiger partial charge < -0.3 is 10.6 Å². The van der Waals surface area contributed by atoms with Crippen LogP contribution in [-0.4, -0.2) is 17.4 Å². The lowest BCUT2D eigenvalue weighted by Gasteiger charge is -2.24. The van der Waals surface area contributed by atoms with Gasteiger partial charge in [-0.1, -0.05) is 36.4 Å². The van der Waals surface area contributed by atoms with E-state index in [0.717, 1.165) is 5.56 Å². The third-order valence-corrected chi connectivity index (χ3v) is 3.91. The Balaban J connectivity index is 0.00000200. The van der Waals surface area contributed by atoms with Crippen molar-refractivity contribution < 1.29 is 4.79 Å². The predicted molar refractivity (Wildman–Crippen MR) is 86.0 cm³/mol. The Labute approximate surface area is 129 Å². The molecule has 20 heavy (non-hydrogen) atoms. The van der Waals surface area contributed by atoms with Crippen molar-refractivity contribution in [2.24, 2.45) is 5.73 Å². The highest BCUT2D eigenvalue weighted by Crippen LogP contribution is 2.17. The van der Waals surface area contributed by atoms with Crippen LogP contribution >= 0.6 is 23.7 Å². The van der Waals surface area contributed by atoms with Gasteiger partial charge in [0.25, 0.3) is 0 Å². The number of nitrogens with two attached hydrogens (primary N) is 1. The Morgan fingerprint density at radius 1 is 1.25 bits per heavy atom. The fourth-order valence-electron chi connectivity index (χ4n) is 1.94. The highest BCUT2D eigenvalue weighted by Gasteiger charge is 2.21. The van der Waals surface area contributed by atoms with Crippen molar-refractivity contribution in [3.8, 4) is 0 Å². The molecule has 1 amide bonds. The van der Waals surface area contributed by atoms with Gasteiger partial charge in [-0.15, -0.1) is 23.7 Å². The van der Waals surface area contributed by atoms with Crippen molar-refractivity contribution in [3.05, 3.63) is 58.3 Å². The molecule has 5 heteroatoms. The number of nitrogens with zero attached hydrogens (tertiary/aromatic N) is 1. The minimum Gasteiger partial charge on any atom is -0.336 e. The molecule has 1 unspecified atom stereocenters. The zero-order chi connectivity index (χ0) is 13.7. The fraction of sp³-hybridized carbons (Fsp3) is 0.267. The largest absolute Gasteiger partial charge is 0.336 e. The normalized spacial score (nSPS) is 11.5. The molecule has 0 bridgehead atoms. The number of amides is 1. The molecule has 1 atom stereocenters. The molecule has 2 N–H and O–H groups in total. The van der Waals surface area contributed by atoms with Crippen LogP contribution in [0.15, 0.2) is 47.8 Å². The molecule has 2 rings (SSSR count). The van der Waals surface area contributed by atoms with Gasteiger partial charge in [0.2, 0.25) is 5.91 Å². The minimum absolute atomic E-state index is 0. The Kier molecular flexibility index (Phi) is 6.71. The standard InChI is InChI=1S/C15H18N2OS.ClH/c1-2-17(11-13-9-6-10-19-13)15(18)14(16)12-7-4-3-5-8-12;/h3-10,14H,2,11,16H2,1H3;1H. The molecule has 0 fully saturated rings. The predicted octanol–water partition coefficient (Wildman–Crippen LogP) is 3.22. The van der Waals surface area contributed by atoms with Crippen LogP contribution in [0.4, 0.5) is 0 Å². The summed E-state index contributed by atoms with van der Waals surface area (Å²) in [6, 6.07) is 13.0. The zero-order valence-electron chi connectivity index (χ0n) is 11.4. The average Bonchev–Trinajstić information content (AvgIpc) is 2.97. The van der Waals surface area contributed by atoms with Crippen LogP contribution in [0.3, 0.4) is 0 Å².